The molecule has 0 N–H and O–H groups in total. The zero-order chi connectivity index (χ0) is 14.0. The number of aromatic nitrogens is 2. The fourth-order valence-electron chi connectivity index (χ4n) is 2.47. The van der Waals surface area contributed by atoms with Gasteiger partial charge in [0.2, 0.25) is 0 Å². The lowest BCUT2D eigenvalue weighted by Gasteiger charge is -2.16. The number of fused-ring (bicyclic) bond motifs is 1. The number of halogens is 3. The van der Waals surface area contributed by atoms with E-state index in [0.29, 0.717) is 17.8 Å². The summed E-state index contributed by atoms with van der Waals surface area (Å²) in [5.74, 6) is -0.0669. The molecule has 1 aromatic carbocycles. The summed E-state index contributed by atoms with van der Waals surface area (Å²) in [5.41, 5.74) is 0.739. The van der Waals surface area contributed by atoms with Crippen LogP contribution in [0.2, 0.25) is 0 Å². The lowest BCUT2D eigenvalue weighted by molar-refractivity contribution is 0.495. The quantitative estimate of drug-likeness (QED) is 0.742. The van der Waals surface area contributed by atoms with Gasteiger partial charge in [-0.25, -0.2) is 13.8 Å². The number of rotatable bonds is 5. The summed E-state index contributed by atoms with van der Waals surface area (Å²) in [5, 5.41) is 0. The minimum absolute atomic E-state index is 0.148. The summed E-state index contributed by atoms with van der Waals surface area (Å²) < 4.78 is 29.1. The van der Waals surface area contributed by atoms with Crippen molar-refractivity contribution in [3.63, 3.8) is 0 Å². The molecule has 0 radical (unpaired) electrons. The number of imidazole rings is 1. The highest BCUT2D eigenvalue weighted by Crippen LogP contribution is 2.27. The molecule has 1 unspecified atom stereocenters. The van der Waals surface area contributed by atoms with Crippen LogP contribution in [-0.2, 0) is 6.42 Å². The average Bonchev–Trinajstić information content (AvgIpc) is 2.68. The van der Waals surface area contributed by atoms with Gasteiger partial charge in [-0.3, -0.25) is 0 Å². The molecule has 0 spiro atoms. The Balaban J connectivity index is 2.65. The van der Waals surface area contributed by atoms with Crippen molar-refractivity contribution in [1.82, 2.24) is 9.55 Å². The molecule has 0 saturated heterocycles. The van der Waals surface area contributed by atoms with Crippen molar-refractivity contribution in [3.05, 3.63) is 29.6 Å². The minimum atomic E-state index is -0.617. The molecule has 19 heavy (non-hydrogen) atoms. The number of benzene rings is 1. The third kappa shape index (κ3) is 2.73. The third-order valence-electron chi connectivity index (χ3n) is 3.25. The van der Waals surface area contributed by atoms with Gasteiger partial charge < -0.3 is 4.57 Å². The molecule has 2 rings (SSSR count). The summed E-state index contributed by atoms with van der Waals surface area (Å²) in [7, 11) is 0. The maximum absolute atomic E-state index is 13.8. The number of hydrogen-bond acceptors (Lipinski definition) is 1. The molecule has 1 atom stereocenters. The van der Waals surface area contributed by atoms with E-state index >= 15 is 0 Å². The van der Waals surface area contributed by atoms with Gasteiger partial charge >= 0.3 is 0 Å². The predicted molar refractivity (Wildman–Crippen MR) is 73.7 cm³/mol. The standard InChI is InChI=1S/C14H17ClF2N2/c1-3-4-9(2)19-12-8-10(16)7-11(17)14(12)18-13(19)5-6-15/h7-9H,3-6H2,1-2H3. The molecular weight excluding hydrogens is 270 g/mol. The first-order chi connectivity index (χ1) is 9.08. The normalized spacial score (nSPS) is 13.1. The van der Waals surface area contributed by atoms with Crippen molar-refractivity contribution < 1.29 is 8.78 Å². The van der Waals surface area contributed by atoms with Crippen LogP contribution in [0.5, 0.6) is 0 Å². The van der Waals surface area contributed by atoms with Crippen LogP contribution in [0.4, 0.5) is 8.78 Å². The van der Waals surface area contributed by atoms with E-state index in [4.69, 9.17) is 11.6 Å². The van der Waals surface area contributed by atoms with E-state index in [1.807, 2.05) is 11.5 Å². The Morgan fingerprint density at radius 3 is 2.74 bits per heavy atom. The topological polar surface area (TPSA) is 17.8 Å². The van der Waals surface area contributed by atoms with Gasteiger partial charge in [-0.2, -0.15) is 0 Å². The first-order valence-electron chi connectivity index (χ1n) is 6.50. The van der Waals surface area contributed by atoms with Gasteiger partial charge in [-0.05, 0) is 19.4 Å². The van der Waals surface area contributed by atoms with Crippen molar-refractivity contribution in [2.45, 2.75) is 39.2 Å². The van der Waals surface area contributed by atoms with Gasteiger partial charge in [0, 0.05) is 24.4 Å². The predicted octanol–water partition coefficient (Wildman–Crippen LogP) is 4.46. The van der Waals surface area contributed by atoms with Crippen LogP contribution in [-0.4, -0.2) is 15.4 Å². The van der Waals surface area contributed by atoms with Crippen LogP contribution in [0.15, 0.2) is 12.1 Å². The zero-order valence-corrected chi connectivity index (χ0v) is 11.8. The maximum Gasteiger partial charge on any atom is 0.153 e. The van der Waals surface area contributed by atoms with E-state index in [0.717, 1.165) is 24.7 Å². The molecule has 0 amide bonds. The summed E-state index contributed by atoms with van der Waals surface area (Å²) in [6.45, 7) is 4.11. The molecule has 0 aliphatic rings. The molecule has 0 aliphatic carbocycles. The van der Waals surface area contributed by atoms with Crippen molar-refractivity contribution in [1.29, 1.82) is 0 Å². The van der Waals surface area contributed by atoms with E-state index < -0.39 is 11.6 Å². The largest absolute Gasteiger partial charge is 0.325 e. The molecule has 0 fully saturated rings. The first-order valence-corrected chi connectivity index (χ1v) is 7.03. The minimum Gasteiger partial charge on any atom is -0.325 e. The highest BCUT2D eigenvalue weighted by molar-refractivity contribution is 6.17. The second-order valence-corrected chi connectivity index (χ2v) is 5.11. The maximum atomic E-state index is 13.8. The van der Waals surface area contributed by atoms with Gasteiger partial charge in [0.05, 0.1) is 5.52 Å². The number of nitrogens with zero attached hydrogens (tertiary/aromatic N) is 2. The average molecular weight is 287 g/mol. The molecular formula is C14H17ClF2N2. The van der Waals surface area contributed by atoms with Crippen LogP contribution >= 0.6 is 11.6 Å². The molecule has 2 nitrogen and oxygen atoms in total. The molecule has 2 aromatic rings. The Morgan fingerprint density at radius 2 is 2.11 bits per heavy atom. The molecule has 0 bridgehead atoms. The Hall–Kier alpha value is -1.16. The summed E-state index contributed by atoms with van der Waals surface area (Å²) in [6.07, 6.45) is 2.48. The molecule has 5 heteroatoms. The summed E-state index contributed by atoms with van der Waals surface area (Å²) in [6, 6.07) is 2.36. The van der Waals surface area contributed by atoms with Crippen molar-refractivity contribution >= 4 is 22.6 Å². The van der Waals surface area contributed by atoms with E-state index in [9.17, 15) is 8.78 Å². The van der Waals surface area contributed by atoms with Gasteiger partial charge in [0.1, 0.15) is 17.2 Å². The highest BCUT2D eigenvalue weighted by atomic mass is 35.5. The Kier molecular flexibility index (Phi) is 4.40. The van der Waals surface area contributed by atoms with Gasteiger partial charge in [-0.15, -0.1) is 11.6 Å². The molecule has 1 aromatic heterocycles. The van der Waals surface area contributed by atoms with Gasteiger partial charge in [0.15, 0.2) is 5.82 Å². The lowest BCUT2D eigenvalue weighted by atomic mass is 10.2. The lowest BCUT2D eigenvalue weighted by Crippen LogP contribution is -2.10. The van der Waals surface area contributed by atoms with E-state index in [1.165, 1.54) is 6.07 Å². The van der Waals surface area contributed by atoms with Crippen LogP contribution in [0.3, 0.4) is 0 Å². The summed E-state index contributed by atoms with van der Waals surface area (Å²) >= 11 is 5.77. The van der Waals surface area contributed by atoms with Crippen LogP contribution < -0.4 is 0 Å². The van der Waals surface area contributed by atoms with E-state index in [-0.39, 0.29) is 11.6 Å². The third-order valence-corrected chi connectivity index (χ3v) is 3.44. The number of alkyl halides is 1. The second kappa shape index (κ2) is 5.87. The van der Waals surface area contributed by atoms with Gasteiger partial charge in [-0.1, -0.05) is 13.3 Å². The number of aryl methyl sites for hydroxylation is 1. The second-order valence-electron chi connectivity index (χ2n) is 4.73. The number of hydrogen-bond donors (Lipinski definition) is 0. The Morgan fingerprint density at radius 1 is 1.37 bits per heavy atom. The summed E-state index contributed by atoms with van der Waals surface area (Å²) in [4.78, 5) is 4.28. The molecule has 0 saturated carbocycles. The van der Waals surface area contributed by atoms with E-state index in [2.05, 4.69) is 11.9 Å². The zero-order valence-electron chi connectivity index (χ0n) is 11.1. The molecule has 0 aliphatic heterocycles. The first kappa shape index (κ1) is 14.3. The van der Waals surface area contributed by atoms with Gasteiger partial charge in [0.25, 0.3) is 0 Å². The molecule has 1 heterocycles. The fourth-order valence-corrected chi connectivity index (χ4v) is 2.64. The smallest absolute Gasteiger partial charge is 0.153 e. The SMILES string of the molecule is CCCC(C)n1c(CCCl)nc2c(F)cc(F)cc21. The highest BCUT2D eigenvalue weighted by Gasteiger charge is 2.18. The van der Waals surface area contributed by atoms with E-state index in [1.54, 1.807) is 0 Å². The Labute approximate surface area is 116 Å². The van der Waals surface area contributed by atoms with Crippen molar-refractivity contribution in [2.75, 3.05) is 5.88 Å². The van der Waals surface area contributed by atoms with Crippen LogP contribution in [0.25, 0.3) is 11.0 Å². The Bertz CT molecular complexity index is 580. The van der Waals surface area contributed by atoms with Crippen LogP contribution in [0.1, 0.15) is 38.6 Å². The monoisotopic (exact) mass is 286 g/mol. The molecule has 104 valence electrons. The van der Waals surface area contributed by atoms with Crippen molar-refractivity contribution in [3.8, 4) is 0 Å². The fraction of sp³-hybridized carbons (Fsp3) is 0.500. The van der Waals surface area contributed by atoms with Crippen LogP contribution in [0, 0.1) is 11.6 Å². The van der Waals surface area contributed by atoms with Crippen molar-refractivity contribution in [2.24, 2.45) is 0 Å².